The van der Waals surface area contributed by atoms with Gasteiger partial charge in [0.2, 0.25) is 0 Å². The highest BCUT2D eigenvalue weighted by molar-refractivity contribution is 5.97. The molecular weight excluding hydrogens is 356 g/mol. The second kappa shape index (κ2) is 9.41. The van der Waals surface area contributed by atoms with Crippen LogP contribution in [0.5, 0.6) is 5.75 Å². The van der Waals surface area contributed by atoms with Crippen LogP contribution in [0.4, 0.5) is 5.69 Å². The molecule has 1 N–H and O–H groups in total. The van der Waals surface area contributed by atoms with Crippen molar-refractivity contribution >= 4 is 17.5 Å². The number of hydrogen-bond donors (Lipinski definition) is 1. The molecule has 3 rings (SSSR count). The molecule has 0 bridgehead atoms. The van der Waals surface area contributed by atoms with E-state index in [-0.39, 0.29) is 18.4 Å². The van der Waals surface area contributed by atoms with Crippen LogP contribution in [0.15, 0.2) is 24.3 Å². The van der Waals surface area contributed by atoms with E-state index in [1.807, 2.05) is 18.7 Å². The lowest BCUT2D eigenvalue weighted by molar-refractivity contribution is -0.142. The molecule has 1 atom stereocenters. The van der Waals surface area contributed by atoms with Gasteiger partial charge in [-0.1, -0.05) is 6.92 Å². The Kier molecular flexibility index (Phi) is 6.94. The monoisotopic (exact) mass is 388 g/mol. The number of nitrogens with one attached hydrogen (secondary N) is 1. The molecule has 2 amide bonds. The van der Waals surface area contributed by atoms with Gasteiger partial charge in [-0.2, -0.15) is 0 Å². The number of rotatable bonds is 9. The van der Waals surface area contributed by atoms with Gasteiger partial charge in [-0.25, -0.2) is 0 Å². The second-order valence-electron chi connectivity index (χ2n) is 7.94. The van der Waals surface area contributed by atoms with Crippen molar-refractivity contribution in [1.82, 2.24) is 4.90 Å². The Morgan fingerprint density at radius 3 is 2.43 bits per heavy atom. The van der Waals surface area contributed by atoms with E-state index < -0.39 is 5.60 Å². The summed E-state index contributed by atoms with van der Waals surface area (Å²) in [5.41, 5.74) is -0.0712. The Hall–Kier alpha value is -2.08. The summed E-state index contributed by atoms with van der Waals surface area (Å²) in [7, 11) is 0. The van der Waals surface area contributed by atoms with E-state index in [9.17, 15) is 9.59 Å². The zero-order valence-electron chi connectivity index (χ0n) is 17.0. The van der Waals surface area contributed by atoms with Crippen molar-refractivity contribution in [2.45, 2.75) is 58.0 Å². The zero-order chi connectivity index (χ0) is 20.0. The standard InChI is InChI=1S/C22H32N2O4/c1-3-15-28-22(2,17-7-8-17)21(26)23-18-9-11-19(12-10-18)27-16-20(25)24-13-5-4-6-14-24/h9-12,17H,3-8,13-16H2,1-2H3,(H,23,26)/t22-/m1/s1. The predicted octanol–water partition coefficient (Wildman–Crippen LogP) is 3.61. The topological polar surface area (TPSA) is 67.9 Å². The third-order valence-electron chi connectivity index (χ3n) is 5.60. The summed E-state index contributed by atoms with van der Waals surface area (Å²) in [5.74, 6) is 0.848. The van der Waals surface area contributed by atoms with Gasteiger partial charge < -0.3 is 19.7 Å². The fourth-order valence-electron chi connectivity index (χ4n) is 3.59. The summed E-state index contributed by atoms with van der Waals surface area (Å²) in [5, 5.41) is 2.96. The molecule has 0 unspecified atom stereocenters. The van der Waals surface area contributed by atoms with Crippen molar-refractivity contribution in [3.8, 4) is 5.75 Å². The van der Waals surface area contributed by atoms with Gasteiger partial charge in [-0.15, -0.1) is 0 Å². The first-order valence-corrected chi connectivity index (χ1v) is 10.5. The van der Waals surface area contributed by atoms with Crippen LogP contribution >= 0.6 is 0 Å². The SMILES string of the molecule is CCCO[C@@](C)(C(=O)Nc1ccc(OCC(=O)N2CCCCC2)cc1)C1CC1. The van der Waals surface area contributed by atoms with Crippen molar-refractivity contribution in [1.29, 1.82) is 0 Å². The highest BCUT2D eigenvalue weighted by Crippen LogP contribution is 2.42. The molecule has 1 saturated carbocycles. The average Bonchev–Trinajstić information content (AvgIpc) is 3.57. The molecular formula is C22H32N2O4. The maximum absolute atomic E-state index is 12.8. The number of carbonyl (C=O) groups is 2. The summed E-state index contributed by atoms with van der Waals surface area (Å²) < 4.78 is 11.5. The van der Waals surface area contributed by atoms with E-state index in [0.29, 0.717) is 24.0 Å². The fourth-order valence-corrected chi connectivity index (χ4v) is 3.59. The molecule has 2 fully saturated rings. The highest BCUT2D eigenvalue weighted by Gasteiger charge is 2.48. The minimum atomic E-state index is -0.772. The first kappa shape index (κ1) is 20.6. The van der Waals surface area contributed by atoms with Gasteiger partial charge in [0.15, 0.2) is 6.61 Å². The number of hydrogen-bond acceptors (Lipinski definition) is 4. The van der Waals surface area contributed by atoms with Crippen molar-refractivity contribution in [3.63, 3.8) is 0 Å². The van der Waals surface area contributed by atoms with Crippen LogP contribution in [0.2, 0.25) is 0 Å². The lowest BCUT2D eigenvalue weighted by Crippen LogP contribution is -2.45. The minimum absolute atomic E-state index is 0.0327. The summed E-state index contributed by atoms with van der Waals surface area (Å²) >= 11 is 0. The molecule has 1 aliphatic carbocycles. The van der Waals surface area contributed by atoms with Crippen LogP contribution in [0.1, 0.15) is 52.4 Å². The zero-order valence-corrected chi connectivity index (χ0v) is 17.0. The number of benzene rings is 1. The van der Waals surface area contributed by atoms with Crippen LogP contribution in [0.25, 0.3) is 0 Å². The molecule has 1 aromatic carbocycles. The first-order valence-electron chi connectivity index (χ1n) is 10.5. The van der Waals surface area contributed by atoms with Gasteiger partial charge in [-0.3, -0.25) is 9.59 Å². The molecule has 1 aromatic rings. The molecule has 2 aliphatic rings. The van der Waals surface area contributed by atoms with Crippen molar-refractivity contribution in [2.24, 2.45) is 5.92 Å². The van der Waals surface area contributed by atoms with E-state index in [4.69, 9.17) is 9.47 Å². The van der Waals surface area contributed by atoms with Crippen molar-refractivity contribution in [3.05, 3.63) is 24.3 Å². The lowest BCUT2D eigenvalue weighted by atomic mass is 9.98. The Morgan fingerprint density at radius 1 is 1.14 bits per heavy atom. The molecule has 154 valence electrons. The van der Waals surface area contributed by atoms with E-state index in [1.165, 1.54) is 6.42 Å². The van der Waals surface area contributed by atoms with Gasteiger partial charge >= 0.3 is 0 Å². The van der Waals surface area contributed by atoms with E-state index >= 15 is 0 Å². The molecule has 1 heterocycles. The maximum atomic E-state index is 12.8. The van der Waals surface area contributed by atoms with Crippen LogP contribution in [-0.2, 0) is 14.3 Å². The van der Waals surface area contributed by atoms with Crippen LogP contribution in [0.3, 0.4) is 0 Å². The third-order valence-corrected chi connectivity index (χ3v) is 5.60. The Bertz CT molecular complexity index is 666. The number of anilines is 1. The highest BCUT2D eigenvalue weighted by atomic mass is 16.5. The third kappa shape index (κ3) is 5.25. The smallest absolute Gasteiger partial charge is 0.260 e. The summed E-state index contributed by atoms with van der Waals surface area (Å²) in [6.07, 6.45) is 6.29. The summed E-state index contributed by atoms with van der Waals surface area (Å²) in [6.45, 7) is 6.22. The van der Waals surface area contributed by atoms with Gasteiger partial charge in [0.1, 0.15) is 11.4 Å². The van der Waals surface area contributed by atoms with Crippen LogP contribution in [-0.4, -0.2) is 48.6 Å². The Labute approximate surface area is 167 Å². The van der Waals surface area contributed by atoms with E-state index in [0.717, 1.165) is 45.2 Å². The molecule has 6 heteroatoms. The van der Waals surface area contributed by atoms with Crippen molar-refractivity contribution in [2.75, 3.05) is 31.6 Å². The van der Waals surface area contributed by atoms with Crippen LogP contribution < -0.4 is 10.1 Å². The number of ether oxygens (including phenoxy) is 2. The number of nitrogens with zero attached hydrogens (tertiary/aromatic N) is 1. The Morgan fingerprint density at radius 2 is 1.82 bits per heavy atom. The first-order chi connectivity index (χ1) is 13.5. The molecule has 6 nitrogen and oxygen atoms in total. The Balaban J connectivity index is 1.50. The van der Waals surface area contributed by atoms with Gasteiger partial charge in [0.05, 0.1) is 0 Å². The van der Waals surface area contributed by atoms with E-state index in [1.54, 1.807) is 24.3 Å². The quantitative estimate of drug-likeness (QED) is 0.702. The van der Waals surface area contributed by atoms with Gasteiger partial charge in [0, 0.05) is 25.4 Å². The lowest BCUT2D eigenvalue weighted by Gasteiger charge is -2.28. The van der Waals surface area contributed by atoms with Crippen molar-refractivity contribution < 1.29 is 19.1 Å². The molecule has 0 aromatic heterocycles. The molecule has 1 aliphatic heterocycles. The molecule has 1 saturated heterocycles. The minimum Gasteiger partial charge on any atom is -0.484 e. The largest absolute Gasteiger partial charge is 0.484 e. The predicted molar refractivity (Wildman–Crippen MR) is 108 cm³/mol. The van der Waals surface area contributed by atoms with Gasteiger partial charge in [-0.05, 0) is 75.6 Å². The average molecular weight is 389 g/mol. The molecule has 28 heavy (non-hydrogen) atoms. The molecule has 0 radical (unpaired) electrons. The number of likely N-dealkylation sites (tertiary alicyclic amines) is 1. The molecule has 0 spiro atoms. The van der Waals surface area contributed by atoms with Gasteiger partial charge in [0.25, 0.3) is 11.8 Å². The number of carbonyl (C=O) groups excluding carboxylic acids is 2. The summed E-state index contributed by atoms with van der Waals surface area (Å²) in [6, 6.07) is 7.15. The maximum Gasteiger partial charge on any atom is 0.260 e. The number of piperidine rings is 1. The summed E-state index contributed by atoms with van der Waals surface area (Å²) in [4.78, 5) is 26.8. The normalized spacial score (nSPS) is 19.0. The van der Waals surface area contributed by atoms with Crippen LogP contribution in [0, 0.1) is 5.92 Å². The fraction of sp³-hybridized carbons (Fsp3) is 0.636. The number of amides is 2. The van der Waals surface area contributed by atoms with E-state index in [2.05, 4.69) is 5.32 Å². The second-order valence-corrected chi connectivity index (χ2v) is 7.94.